The lowest BCUT2D eigenvalue weighted by molar-refractivity contribution is -0.116. The second kappa shape index (κ2) is 8.58. The molecule has 0 radical (unpaired) electrons. The van der Waals surface area contributed by atoms with Gasteiger partial charge in [0.1, 0.15) is 12.1 Å². The Balaban J connectivity index is 1.62. The molecule has 8 heteroatoms. The van der Waals surface area contributed by atoms with E-state index in [4.69, 9.17) is 9.47 Å². The van der Waals surface area contributed by atoms with Gasteiger partial charge in [-0.05, 0) is 49.2 Å². The lowest BCUT2D eigenvalue weighted by atomic mass is 10.1. The van der Waals surface area contributed by atoms with E-state index in [9.17, 15) is 9.59 Å². The van der Waals surface area contributed by atoms with Crippen LogP contribution >= 0.6 is 0 Å². The average molecular weight is 432 g/mol. The fourth-order valence-corrected chi connectivity index (χ4v) is 3.63. The maximum atomic E-state index is 13.0. The van der Waals surface area contributed by atoms with Gasteiger partial charge in [-0.3, -0.25) is 9.59 Å². The van der Waals surface area contributed by atoms with Gasteiger partial charge in [0.05, 0.1) is 19.9 Å². The van der Waals surface area contributed by atoms with Crippen molar-refractivity contribution in [2.75, 3.05) is 19.5 Å². The van der Waals surface area contributed by atoms with Crippen LogP contribution in [0.15, 0.2) is 59.7 Å². The number of aromatic nitrogens is 3. The van der Waals surface area contributed by atoms with Crippen LogP contribution in [0.25, 0.3) is 16.8 Å². The Bertz CT molecular complexity index is 1350. The van der Waals surface area contributed by atoms with Crippen molar-refractivity contribution in [3.8, 4) is 22.8 Å². The molecule has 0 fully saturated rings. The van der Waals surface area contributed by atoms with Crippen molar-refractivity contribution in [3.05, 3.63) is 76.3 Å². The Morgan fingerprint density at radius 2 is 1.72 bits per heavy atom. The van der Waals surface area contributed by atoms with Crippen molar-refractivity contribution in [3.63, 3.8) is 0 Å². The third-order valence-corrected chi connectivity index (χ3v) is 5.34. The van der Waals surface area contributed by atoms with Gasteiger partial charge in [-0.2, -0.15) is 5.10 Å². The molecule has 2 heterocycles. The van der Waals surface area contributed by atoms with Gasteiger partial charge >= 0.3 is 0 Å². The van der Waals surface area contributed by atoms with Gasteiger partial charge < -0.3 is 19.4 Å². The maximum Gasteiger partial charge on any atom is 0.277 e. The van der Waals surface area contributed by atoms with Crippen LogP contribution in [0.4, 0.5) is 5.69 Å². The molecule has 2 aromatic carbocycles. The second-order valence-electron chi connectivity index (χ2n) is 7.48. The van der Waals surface area contributed by atoms with Gasteiger partial charge in [-0.15, -0.1) is 0 Å². The average Bonchev–Trinajstić information content (AvgIpc) is 3.23. The molecule has 4 rings (SSSR count). The predicted molar refractivity (Wildman–Crippen MR) is 123 cm³/mol. The van der Waals surface area contributed by atoms with Crippen LogP contribution < -0.4 is 20.3 Å². The summed E-state index contributed by atoms with van der Waals surface area (Å²) in [6.07, 6.45) is 3.22. The number of fused-ring (bicyclic) bond motifs is 1. The fourth-order valence-electron chi connectivity index (χ4n) is 3.63. The van der Waals surface area contributed by atoms with Crippen LogP contribution in [-0.4, -0.2) is 34.3 Å². The Morgan fingerprint density at radius 3 is 2.41 bits per heavy atom. The number of amides is 1. The minimum atomic E-state index is -0.302. The number of anilines is 1. The zero-order chi connectivity index (χ0) is 22.8. The van der Waals surface area contributed by atoms with Gasteiger partial charge in [0.2, 0.25) is 5.91 Å². The first-order valence-electron chi connectivity index (χ1n) is 10.1. The summed E-state index contributed by atoms with van der Waals surface area (Å²) in [5.41, 5.74) is 4.17. The summed E-state index contributed by atoms with van der Waals surface area (Å²) >= 11 is 0. The molecule has 1 N–H and O–H groups in total. The van der Waals surface area contributed by atoms with Crippen molar-refractivity contribution in [1.29, 1.82) is 0 Å². The largest absolute Gasteiger partial charge is 0.493 e. The lowest BCUT2D eigenvalue weighted by Crippen LogP contribution is -2.28. The number of nitrogens with zero attached hydrogens (tertiary/aromatic N) is 3. The highest BCUT2D eigenvalue weighted by Crippen LogP contribution is 2.31. The summed E-state index contributed by atoms with van der Waals surface area (Å²) < 4.78 is 13.5. The number of aryl methyl sites for hydroxylation is 2. The standard InChI is InChI=1S/C24H24N4O4/c1-15-6-5-7-16(2)23(15)25-22(29)14-27-10-11-28-19(24(27)30)13-18(26-28)17-8-9-20(31-3)21(12-17)32-4/h5-13H,14H2,1-4H3,(H,25,29). The Kier molecular flexibility index (Phi) is 5.68. The van der Waals surface area contributed by atoms with Gasteiger partial charge in [0.15, 0.2) is 11.5 Å². The minimum Gasteiger partial charge on any atom is -0.493 e. The van der Waals surface area contributed by atoms with Crippen LogP contribution in [0.2, 0.25) is 0 Å². The summed E-state index contributed by atoms with van der Waals surface area (Å²) in [6, 6.07) is 12.9. The topological polar surface area (TPSA) is 86.9 Å². The fraction of sp³-hybridized carbons (Fsp3) is 0.208. The van der Waals surface area contributed by atoms with Crippen molar-refractivity contribution < 1.29 is 14.3 Å². The summed E-state index contributed by atoms with van der Waals surface area (Å²) in [6.45, 7) is 3.77. The van der Waals surface area contributed by atoms with Crippen molar-refractivity contribution in [1.82, 2.24) is 14.2 Å². The number of nitrogens with one attached hydrogen (secondary N) is 1. The predicted octanol–water partition coefficient (Wildman–Crippen LogP) is 3.44. The molecule has 0 unspecified atom stereocenters. The van der Waals surface area contributed by atoms with Gasteiger partial charge in [-0.25, -0.2) is 4.52 Å². The number of methoxy groups -OCH3 is 2. The molecule has 32 heavy (non-hydrogen) atoms. The first-order valence-corrected chi connectivity index (χ1v) is 10.1. The third kappa shape index (κ3) is 3.94. The lowest BCUT2D eigenvalue weighted by Gasteiger charge is -2.12. The highest BCUT2D eigenvalue weighted by Gasteiger charge is 2.14. The third-order valence-electron chi connectivity index (χ3n) is 5.34. The van der Waals surface area contributed by atoms with Crippen LogP contribution in [0.5, 0.6) is 11.5 Å². The van der Waals surface area contributed by atoms with Crippen LogP contribution in [-0.2, 0) is 11.3 Å². The molecule has 0 saturated heterocycles. The van der Waals surface area contributed by atoms with E-state index in [0.29, 0.717) is 22.7 Å². The maximum absolute atomic E-state index is 13.0. The van der Waals surface area contributed by atoms with Crippen molar-refractivity contribution >= 4 is 17.1 Å². The second-order valence-corrected chi connectivity index (χ2v) is 7.48. The number of benzene rings is 2. The number of ether oxygens (including phenoxy) is 2. The van der Waals surface area contributed by atoms with E-state index < -0.39 is 0 Å². The first kappa shape index (κ1) is 21.2. The molecule has 8 nitrogen and oxygen atoms in total. The number of para-hydroxylation sites is 1. The molecular formula is C24H24N4O4. The number of hydrogen-bond donors (Lipinski definition) is 1. The summed E-state index contributed by atoms with van der Waals surface area (Å²) in [7, 11) is 3.13. The number of hydrogen-bond acceptors (Lipinski definition) is 5. The Labute approximate surface area is 185 Å². The quantitative estimate of drug-likeness (QED) is 0.504. The molecule has 0 aliphatic heterocycles. The van der Waals surface area contributed by atoms with E-state index in [1.165, 1.54) is 9.08 Å². The molecule has 0 aliphatic carbocycles. The highest BCUT2D eigenvalue weighted by molar-refractivity contribution is 5.92. The molecule has 4 aromatic rings. The van der Waals surface area contributed by atoms with E-state index in [1.807, 2.05) is 38.1 Å². The molecule has 0 aliphatic rings. The zero-order valence-corrected chi connectivity index (χ0v) is 18.4. The summed E-state index contributed by atoms with van der Waals surface area (Å²) in [4.78, 5) is 25.6. The molecular weight excluding hydrogens is 408 g/mol. The van der Waals surface area contributed by atoms with Gasteiger partial charge in [-0.1, -0.05) is 18.2 Å². The van der Waals surface area contributed by atoms with Gasteiger partial charge in [0, 0.05) is 23.6 Å². The molecule has 0 saturated carbocycles. The van der Waals surface area contributed by atoms with Crippen LogP contribution in [0, 0.1) is 13.8 Å². The molecule has 0 spiro atoms. The Morgan fingerprint density at radius 1 is 1.00 bits per heavy atom. The van der Waals surface area contributed by atoms with Gasteiger partial charge in [0.25, 0.3) is 5.56 Å². The van der Waals surface area contributed by atoms with Crippen LogP contribution in [0.1, 0.15) is 11.1 Å². The van der Waals surface area contributed by atoms with Crippen LogP contribution in [0.3, 0.4) is 0 Å². The molecule has 164 valence electrons. The minimum absolute atomic E-state index is 0.0972. The van der Waals surface area contributed by atoms with Crippen molar-refractivity contribution in [2.24, 2.45) is 0 Å². The normalized spacial score (nSPS) is 10.9. The number of carbonyl (C=O) groups excluding carboxylic acids is 1. The first-order chi connectivity index (χ1) is 15.4. The van der Waals surface area contributed by atoms with E-state index in [0.717, 1.165) is 22.4 Å². The van der Waals surface area contributed by atoms with E-state index >= 15 is 0 Å². The van der Waals surface area contributed by atoms with Crippen molar-refractivity contribution in [2.45, 2.75) is 20.4 Å². The molecule has 0 atom stereocenters. The highest BCUT2D eigenvalue weighted by atomic mass is 16.5. The monoisotopic (exact) mass is 432 g/mol. The summed E-state index contributed by atoms with van der Waals surface area (Å²) in [5, 5.41) is 7.40. The summed E-state index contributed by atoms with van der Waals surface area (Å²) in [5.74, 6) is 0.911. The molecule has 1 amide bonds. The molecule has 0 bridgehead atoms. The number of carbonyl (C=O) groups is 1. The van der Waals surface area contributed by atoms with E-state index in [1.54, 1.807) is 44.8 Å². The SMILES string of the molecule is COc1ccc(-c2cc3c(=O)n(CC(=O)Nc4c(C)cccc4C)ccn3n2)cc1OC. The van der Waals surface area contributed by atoms with E-state index in [2.05, 4.69) is 10.4 Å². The Hall–Kier alpha value is -4.07. The zero-order valence-electron chi connectivity index (χ0n) is 18.4. The smallest absolute Gasteiger partial charge is 0.277 e. The molecule has 2 aromatic heterocycles. The number of rotatable bonds is 6. The van der Waals surface area contributed by atoms with E-state index in [-0.39, 0.29) is 18.0 Å².